The van der Waals surface area contributed by atoms with E-state index in [9.17, 15) is 18.0 Å². The van der Waals surface area contributed by atoms with Gasteiger partial charge in [0.2, 0.25) is 5.88 Å². The maximum absolute atomic E-state index is 12.1. The van der Waals surface area contributed by atoms with E-state index in [0.29, 0.717) is 5.56 Å². The number of esters is 1. The smallest absolute Gasteiger partial charge is 0.462 e. The number of nitrogens with zero attached hydrogens (tertiary/aromatic N) is 1. The van der Waals surface area contributed by atoms with Crippen LogP contribution < -0.4 is 4.74 Å². The van der Waals surface area contributed by atoms with Crippen LogP contribution in [0.2, 0.25) is 0 Å². The highest BCUT2D eigenvalue weighted by Crippen LogP contribution is 2.27. The summed E-state index contributed by atoms with van der Waals surface area (Å²) in [6, 6.07) is 0.921. The van der Waals surface area contributed by atoms with Crippen molar-refractivity contribution in [3.63, 3.8) is 0 Å². The molecule has 0 atom stereocenters. The highest BCUT2D eigenvalue weighted by Gasteiger charge is 2.32. The van der Waals surface area contributed by atoms with Crippen molar-refractivity contribution in [2.75, 3.05) is 6.61 Å². The molecule has 1 aromatic heterocycles. The average molecular weight is 454 g/mol. The van der Waals surface area contributed by atoms with Gasteiger partial charge in [0.05, 0.1) is 12.2 Å². The van der Waals surface area contributed by atoms with Crippen LogP contribution in [0.5, 0.6) is 5.88 Å². The van der Waals surface area contributed by atoms with Crippen LogP contribution >= 0.6 is 38.5 Å². The van der Waals surface area contributed by atoms with Crippen molar-refractivity contribution in [2.24, 2.45) is 0 Å². The third-order valence-corrected chi connectivity index (χ3v) is 3.35. The first kappa shape index (κ1) is 16.5. The SMILES string of the molecule is CCOC(=O)c1cc(OC(F)(F)F)nc(I)c1CBr. The van der Waals surface area contributed by atoms with E-state index in [2.05, 4.69) is 25.7 Å². The van der Waals surface area contributed by atoms with Gasteiger partial charge in [0.15, 0.2) is 0 Å². The van der Waals surface area contributed by atoms with Gasteiger partial charge in [0.25, 0.3) is 0 Å². The molecule has 0 aliphatic rings. The van der Waals surface area contributed by atoms with Crippen LogP contribution in [0.1, 0.15) is 22.8 Å². The molecule has 4 nitrogen and oxygen atoms in total. The lowest BCUT2D eigenvalue weighted by Crippen LogP contribution is -2.19. The molecule has 9 heteroatoms. The van der Waals surface area contributed by atoms with Gasteiger partial charge >= 0.3 is 12.3 Å². The molecular weight excluding hydrogens is 446 g/mol. The minimum absolute atomic E-state index is 0.00243. The normalized spacial score (nSPS) is 11.3. The summed E-state index contributed by atoms with van der Waals surface area (Å²) in [5, 5.41) is 0.263. The largest absolute Gasteiger partial charge is 0.574 e. The van der Waals surface area contributed by atoms with Gasteiger partial charge < -0.3 is 9.47 Å². The molecule has 1 rings (SSSR count). The van der Waals surface area contributed by atoms with Gasteiger partial charge in [-0.3, -0.25) is 0 Å². The molecule has 1 aromatic rings. The van der Waals surface area contributed by atoms with Crippen molar-refractivity contribution in [2.45, 2.75) is 18.6 Å². The molecule has 106 valence electrons. The number of hydrogen-bond acceptors (Lipinski definition) is 4. The maximum atomic E-state index is 12.1. The topological polar surface area (TPSA) is 48.4 Å². The molecule has 0 saturated heterocycles. The van der Waals surface area contributed by atoms with Crippen molar-refractivity contribution < 1.29 is 27.4 Å². The van der Waals surface area contributed by atoms with Crippen molar-refractivity contribution in [3.8, 4) is 5.88 Å². The Hall–Kier alpha value is -0.580. The molecule has 0 bridgehead atoms. The zero-order valence-corrected chi connectivity index (χ0v) is 13.3. The third-order valence-electron chi connectivity index (χ3n) is 1.90. The fourth-order valence-corrected chi connectivity index (χ4v) is 3.02. The summed E-state index contributed by atoms with van der Waals surface area (Å²) in [4.78, 5) is 15.3. The minimum Gasteiger partial charge on any atom is -0.462 e. The maximum Gasteiger partial charge on any atom is 0.574 e. The number of ether oxygens (including phenoxy) is 2. The number of rotatable bonds is 4. The molecule has 0 amide bonds. The molecule has 19 heavy (non-hydrogen) atoms. The van der Waals surface area contributed by atoms with Crippen LogP contribution in [0.25, 0.3) is 0 Å². The Balaban J connectivity index is 3.22. The number of aromatic nitrogens is 1. The van der Waals surface area contributed by atoms with E-state index in [1.165, 1.54) is 0 Å². The average Bonchev–Trinajstić information content (AvgIpc) is 2.26. The number of hydrogen-bond donors (Lipinski definition) is 0. The molecule has 0 N–H and O–H groups in total. The molecule has 1 heterocycles. The van der Waals surface area contributed by atoms with E-state index >= 15 is 0 Å². The Labute approximate surface area is 128 Å². The second-order valence-electron chi connectivity index (χ2n) is 3.18. The van der Waals surface area contributed by atoms with E-state index in [1.54, 1.807) is 29.5 Å². The fraction of sp³-hybridized carbons (Fsp3) is 0.400. The predicted octanol–water partition coefficient (Wildman–Crippen LogP) is 3.66. The lowest BCUT2D eigenvalue weighted by atomic mass is 10.1. The zero-order valence-electron chi connectivity index (χ0n) is 9.55. The Morgan fingerprint density at radius 3 is 2.63 bits per heavy atom. The minimum atomic E-state index is -4.86. The second-order valence-corrected chi connectivity index (χ2v) is 4.76. The Morgan fingerprint density at radius 2 is 2.16 bits per heavy atom. The van der Waals surface area contributed by atoms with E-state index in [-0.39, 0.29) is 21.2 Å². The highest BCUT2D eigenvalue weighted by molar-refractivity contribution is 14.1. The summed E-state index contributed by atoms with van der Waals surface area (Å²) in [5.74, 6) is -1.41. The third kappa shape index (κ3) is 4.79. The van der Waals surface area contributed by atoms with Crippen molar-refractivity contribution in [1.82, 2.24) is 4.98 Å². The lowest BCUT2D eigenvalue weighted by molar-refractivity contribution is -0.276. The first-order chi connectivity index (χ1) is 8.78. The number of pyridine rings is 1. The van der Waals surface area contributed by atoms with Gasteiger partial charge in [-0.2, -0.15) is 0 Å². The predicted molar refractivity (Wildman–Crippen MR) is 72.2 cm³/mol. The summed E-state index contributed by atoms with van der Waals surface area (Å²) in [6.45, 7) is 1.72. The van der Waals surface area contributed by atoms with Crippen molar-refractivity contribution in [1.29, 1.82) is 0 Å². The van der Waals surface area contributed by atoms with Gasteiger partial charge in [0, 0.05) is 17.0 Å². The van der Waals surface area contributed by atoms with E-state index in [4.69, 9.17) is 4.74 Å². The molecule has 0 saturated carbocycles. The van der Waals surface area contributed by atoms with Gasteiger partial charge in [-0.15, -0.1) is 13.2 Å². The van der Waals surface area contributed by atoms with Crippen LogP contribution in [0.4, 0.5) is 13.2 Å². The van der Waals surface area contributed by atoms with Crippen LogP contribution in [-0.2, 0) is 10.1 Å². The van der Waals surface area contributed by atoms with E-state index in [0.717, 1.165) is 6.07 Å². The van der Waals surface area contributed by atoms with Crippen molar-refractivity contribution in [3.05, 3.63) is 20.9 Å². The van der Waals surface area contributed by atoms with Gasteiger partial charge in [-0.25, -0.2) is 9.78 Å². The number of carbonyl (C=O) groups excluding carboxylic acids is 1. The Bertz CT molecular complexity index is 482. The lowest BCUT2D eigenvalue weighted by Gasteiger charge is -2.12. The Kier molecular flexibility index (Phi) is 5.83. The first-order valence-corrected chi connectivity index (χ1v) is 7.16. The molecule has 0 fully saturated rings. The standard InChI is InChI=1S/C10H8BrF3INO3/c1-2-18-9(17)5-3-7(19-10(12,13)14)16-8(15)6(5)4-11/h3H,2,4H2,1H3. The number of halogens is 5. The molecule has 0 aliphatic heterocycles. The summed E-state index contributed by atoms with van der Waals surface area (Å²) < 4.78 is 45.2. The first-order valence-electron chi connectivity index (χ1n) is 4.96. The molecule has 0 radical (unpaired) electrons. The van der Waals surface area contributed by atoms with Gasteiger partial charge in [-0.05, 0) is 29.5 Å². The molecule has 0 aliphatic carbocycles. The molecular formula is C10H8BrF3INO3. The van der Waals surface area contributed by atoms with Crippen LogP contribution in [0.15, 0.2) is 6.07 Å². The molecule has 0 unspecified atom stereocenters. The van der Waals surface area contributed by atoms with Gasteiger partial charge in [-0.1, -0.05) is 15.9 Å². The van der Waals surface area contributed by atoms with E-state index < -0.39 is 18.2 Å². The summed E-state index contributed by atoms with van der Waals surface area (Å²) in [7, 11) is 0. The second kappa shape index (κ2) is 6.73. The zero-order chi connectivity index (χ0) is 14.6. The van der Waals surface area contributed by atoms with Crippen LogP contribution in [0.3, 0.4) is 0 Å². The summed E-state index contributed by atoms with van der Waals surface area (Å²) >= 11 is 4.88. The van der Waals surface area contributed by atoms with Gasteiger partial charge in [0.1, 0.15) is 3.70 Å². The Morgan fingerprint density at radius 1 is 1.53 bits per heavy atom. The quantitative estimate of drug-likeness (QED) is 0.302. The molecule has 0 aromatic carbocycles. The van der Waals surface area contributed by atoms with E-state index in [1.807, 2.05) is 0 Å². The van der Waals surface area contributed by atoms with Crippen LogP contribution in [0, 0.1) is 3.70 Å². The summed E-state index contributed by atoms with van der Waals surface area (Å²) in [6.07, 6.45) is -4.86. The van der Waals surface area contributed by atoms with Crippen molar-refractivity contribution >= 4 is 44.5 Å². The highest BCUT2D eigenvalue weighted by atomic mass is 127. The van der Waals surface area contributed by atoms with Crippen LogP contribution in [-0.4, -0.2) is 23.9 Å². The number of carbonyl (C=O) groups is 1. The fourth-order valence-electron chi connectivity index (χ4n) is 1.21. The summed E-state index contributed by atoms with van der Waals surface area (Å²) in [5.41, 5.74) is 0.450. The monoisotopic (exact) mass is 453 g/mol. The number of alkyl halides is 4. The molecule has 0 spiro atoms.